The molecule has 1 aromatic carbocycles. The fraction of sp³-hybridized carbons (Fsp3) is 0.357. The Morgan fingerprint density at radius 3 is 2.81 bits per heavy atom. The number of oxime groups is 1. The molecule has 0 saturated heterocycles. The number of carbonyl (C=O) groups is 1. The fourth-order valence-electron chi connectivity index (χ4n) is 2.65. The molecule has 1 heterocycles. The summed E-state index contributed by atoms with van der Waals surface area (Å²) in [6.45, 7) is 0. The number of aliphatic imine (C=N–C) groups is 1. The van der Waals surface area contributed by atoms with Crippen LogP contribution in [0, 0.1) is 0 Å². The van der Waals surface area contributed by atoms with Gasteiger partial charge < -0.3 is 4.84 Å². The number of benzene rings is 1. The zero-order valence-electron chi connectivity index (χ0n) is 10.9. The number of fused-ring (bicyclic) bond motifs is 3. The molecule has 0 aromatic heterocycles. The second-order valence-electron chi connectivity index (χ2n) is 4.91. The lowest BCUT2D eigenvalue weighted by Gasteiger charge is -2.21. The van der Waals surface area contributed by atoms with Gasteiger partial charge in [0.1, 0.15) is 0 Å². The van der Waals surface area contributed by atoms with E-state index >= 15 is 0 Å². The molecule has 1 atom stereocenters. The van der Waals surface area contributed by atoms with Gasteiger partial charge in [0.2, 0.25) is 0 Å². The number of hydrogen-bond donors (Lipinski definition) is 0. The summed E-state index contributed by atoms with van der Waals surface area (Å²) in [6, 6.07) is 7.40. The van der Waals surface area contributed by atoms with Crippen molar-refractivity contribution in [2.24, 2.45) is 10.1 Å². The predicted molar refractivity (Wildman–Crippen MR) is 69.7 cm³/mol. The van der Waals surface area contributed by atoms with Gasteiger partial charge in [0.15, 0.2) is 0 Å². The number of nitrogens with zero attached hydrogens (tertiary/aromatic N) is 2. The van der Waals surface area contributed by atoms with Crippen LogP contribution in [0.5, 0.6) is 0 Å². The molecule has 7 heteroatoms. The van der Waals surface area contributed by atoms with Crippen molar-refractivity contribution in [2.75, 3.05) is 0 Å². The monoisotopic (exact) mass is 296 g/mol. The van der Waals surface area contributed by atoms with Gasteiger partial charge in [0, 0.05) is 5.71 Å². The van der Waals surface area contributed by atoms with Gasteiger partial charge in [-0.15, -0.1) is 0 Å². The van der Waals surface area contributed by atoms with Crippen LogP contribution in [-0.4, -0.2) is 23.6 Å². The van der Waals surface area contributed by atoms with Crippen LogP contribution < -0.4 is 0 Å². The molecule has 3 rings (SSSR count). The summed E-state index contributed by atoms with van der Waals surface area (Å²) in [5, 5.41) is 3.46. The molecule has 2 aliphatic rings. The maximum Gasteiger partial charge on any atom is 0.493 e. The Morgan fingerprint density at radius 2 is 2.05 bits per heavy atom. The molecule has 0 amide bonds. The van der Waals surface area contributed by atoms with Crippen LogP contribution in [0.15, 0.2) is 34.4 Å². The first kappa shape index (κ1) is 13.8. The molecule has 110 valence electrons. The lowest BCUT2D eigenvalue weighted by molar-refractivity contribution is -0.199. The molecular formula is C14H11F3N2O2. The van der Waals surface area contributed by atoms with Crippen molar-refractivity contribution >= 4 is 23.1 Å². The molecule has 1 aliphatic carbocycles. The Balaban J connectivity index is 1.87. The molecule has 4 nitrogen and oxygen atoms in total. The molecular weight excluding hydrogens is 285 g/mol. The molecule has 0 bridgehead atoms. The summed E-state index contributed by atoms with van der Waals surface area (Å²) in [5.41, 5.74) is 2.98. The third kappa shape index (κ3) is 2.55. The van der Waals surface area contributed by atoms with Crippen LogP contribution in [0.25, 0.3) is 0 Å². The number of rotatable bonds is 1. The van der Waals surface area contributed by atoms with E-state index in [1.165, 1.54) is 0 Å². The summed E-state index contributed by atoms with van der Waals surface area (Å²) >= 11 is 0. The van der Waals surface area contributed by atoms with Gasteiger partial charge >= 0.3 is 12.1 Å². The Hall–Kier alpha value is -2.18. The third-order valence-electron chi connectivity index (χ3n) is 3.52. The Morgan fingerprint density at radius 1 is 1.29 bits per heavy atom. The molecule has 1 fully saturated rings. The maximum absolute atomic E-state index is 12.1. The maximum atomic E-state index is 12.1. The molecule has 1 aromatic rings. The summed E-state index contributed by atoms with van der Waals surface area (Å²) < 4.78 is 36.4. The molecule has 1 saturated carbocycles. The number of alkyl halides is 3. The van der Waals surface area contributed by atoms with Crippen molar-refractivity contribution in [3.8, 4) is 0 Å². The highest BCUT2D eigenvalue weighted by Gasteiger charge is 2.42. The largest absolute Gasteiger partial charge is 0.493 e. The topological polar surface area (TPSA) is 51.0 Å². The van der Waals surface area contributed by atoms with Crippen molar-refractivity contribution in [2.45, 2.75) is 31.4 Å². The molecule has 1 aliphatic heterocycles. The van der Waals surface area contributed by atoms with Gasteiger partial charge in [0.25, 0.3) is 0 Å². The van der Waals surface area contributed by atoms with Crippen molar-refractivity contribution < 1.29 is 22.8 Å². The normalized spacial score (nSPS) is 22.5. The number of para-hydroxylation sites is 1. The van der Waals surface area contributed by atoms with Gasteiger partial charge in [-0.1, -0.05) is 23.4 Å². The minimum Gasteiger partial charge on any atom is -0.309 e. The van der Waals surface area contributed by atoms with E-state index in [1.54, 1.807) is 0 Å². The number of carbonyl (C=O) groups excluding carboxylic acids is 1. The van der Waals surface area contributed by atoms with Crippen LogP contribution in [0.2, 0.25) is 0 Å². The van der Waals surface area contributed by atoms with Gasteiger partial charge in [0.05, 0.1) is 17.3 Å². The Bertz CT molecular complexity index is 650. The van der Waals surface area contributed by atoms with Crippen LogP contribution in [-0.2, 0) is 9.63 Å². The second kappa shape index (κ2) is 4.98. The van der Waals surface area contributed by atoms with Gasteiger partial charge in [-0.25, -0.2) is 4.79 Å². The molecule has 0 radical (unpaired) electrons. The smallest absolute Gasteiger partial charge is 0.309 e. The molecule has 1 unspecified atom stereocenters. The standard InChI is InChI=1S/C14H11F3N2O2/c15-14(16,17)13(20)21-19-11-7-3-6-10-12(11)8-4-1-2-5-9(8)18-10/h1-2,4-5,12H,3,6-7H2. The van der Waals surface area contributed by atoms with Crippen LogP contribution in [0.3, 0.4) is 0 Å². The first-order valence-electron chi connectivity index (χ1n) is 6.48. The van der Waals surface area contributed by atoms with E-state index in [9.17, 15) is 18.0 Å². The average Bonchev–Trinajstić information content (AvgIpc) is 2.82. The zero-order valence-corrected chi connectivity index (χ0v) is 10.9. The Kier molecular flexibility index (Phi) is 3.27. The van der Waals surface area contributed by atoms with E-state index < -0.39 is 12.1 Å². The minimum absolute atomic E-state index is 0.268. The van der Waals surface area contributed by atoms with Crippen LogP contribution in [0.1, 0.15) is 30.7 Å². The first-order valence-corrected chi connectivity index (χ1v) is 6.48. The van der Waals surface area contributed by atoms with E-state index in [0.29, 0.717) is 12.1 Å². The fourth-order valence-corrected chi connectivity index (χ4v) is 2.65. The highest BCUT2D eigenvalue weighted by atomic mass is 19.4. The minimum atomic E-state index is -5.04. The highest BCUT2D eigenvalue weighted by Crippen LogP contribution is 2.41. The van der Waals surface area contributed by atoms with Gasteiger partial charge in [-0.2, -0.15) is 13.2 Å². The summed E-state index contributed by atoms with van der Waals surface area (Å²) in [6.07, 6.45) is -3.05. The van der Waals surface area contributed by atoms with E-state index in [1.807, 2.05) is 24.3 Å². The quantitative estimate of drug-likeness (QED) is 0.588. The Labute approximate surface area is 118 Å². The highest BCUT2D eigenvalue weighted by molar-refractivity contribution is 6.17. The van der Waals surface area contributed by atoms with Crippen molar-refractivity contribution in [1.82, 2.24) is 0 Å². The van der Waals surface area contributed by atoms with Gasteiger partial charge in [-0.3, -0.25) is 4.99 Å². The summed E-state index contributed by atoms with van der Waals surface area (Å²) in [4.78, 5) is 19.3. The number of halogens is 3. The summed E-state index contributed by atoms with van der Waals surface area (Å²) in [7, 11) is 0. The van der Waals surface area contributed by atoms with Crippen LogP contribution in [0.4, 0.5) is 18.9 Å². The second-order valence-corrected chi connectivity index (χ2v) is 4.91. The predicted octanol–water partition coefficient (Wildman–Crippen LogP) is 3.50. The van der Waals surface area contributed by atoms with Crippen LogP contribution >= 0.6 is 0 Å². The lowest BCUT2D eigenvalue weighted by atomic mass is 9.82. The first-order chi connectivity index (χ1) is 9.97. The van der Waals surface area contributed by atoms with Crippen molar-refractivity contribution in [3.63, 3.8) is 0 Å². The average molecular weight is 296 g/mol. The molecule has 0 N–H and O–H groups in total. The van der Waals surface area contributed by atoms with Crippen molar-refractivity contribution in [1.29, 1.82) is 0 Å². The molecule has 21 heavy (non-hydrogen) atoms. The van der Waals surface area contributed by atoms with E-state index in [4.69, 9.17) is 0 Å². The van der Waals surface area contributed by atoms with Crippen molar-refractivity contribution in [3.05, 3.63) is 29.8 Å². The summed E-state index contributed by atoms with van der Waals surface area (Å²) in [5.74, 6) is -2.57. The molecule has 0 spiro atoms. The van der Waals surface area contributed by atoms with E-state index in [0.717, 1.165) is 29.8 Å². The van der Waals surface area contributed by atoms with E-state index in [-0.39, 0.29) is 5.92 Å². The third-order valence-corrected chi connectivity index (χ3v) is 3.52. The SMILES string of the molecule is O=C(ON=C1CCCC2=Nc3ccccc3C12)C(F)(F)F. The van der Waals surface area contributed by atoms with E-state index in [2.05, 4.69) is 15.0 Å². The van der Waals surface area contributed by atoms with Gasteiger partial charge in [-0.05, 0) is 30.9 Å². The zero-order chi connectivity index (χ0) is 15.0. The number of hydrogen-bond acceptors (Lipinski definition) is 4. The lowest BCUT2D eigenvalue weighted by Crippen LogP contribution is -2.27.